The fraction of sp³-hybridized carbons (Fsp3) is 0.400. The zero-order chi connectivity index (χ0) is 17.6. The van der Waals surface area contributed by atoms with E-state index < -0.39 is 0 Å². The number of nitrogens with zero attached hydrogens (tertiary/aromatic N) is 3. The maximum Gasteiger partial charge on any atom is 0.258 e. The Hall–Kier alpha value is -2.43. The second kappa shape index (κ2) is 6.14. The molecule has 130 valence electrons. The van der Waals surface area contributed by atoms with Gasteiger partial charge in [-0.3, -0.25) is 0 Å². The minimum absolute atomic E-state index is 0.246. The van der Waals surface area contributed by atoms with Gasteiger partial charge in [0, 0.05) is 17.6 Å². The third-order valence-corrected chi connectivity index (χ3v) is 5.40. The summed E-state index contributed by atoms with van der Waals surface area (Å²) >= 11 is 0. The fourth-order valence-electron chi connectivity index (χ4n) is 3.41. The number of hydrogen-bond donors (Lipinski definition) is 0. The summed E-state index contributed by atoms with van der Waals surface area (Å²) in [7, 11) is 0. The summed E-state index contributed by atoms with van der Waals surface area (Å²) in [5.74, 6) is 1.82. The molecule has 2 atom stereocenters. The predicted molar refractivity (Wildman–Crippen MR) is 95.0 cm³/mol. The molecule has 0 saturated heterocycles. The number of aryl methyl sites for hydroxylation is 1. The smallest absolute Gasteiger partial charge is 0.258 e. The van der Waals surface area contributed by atoms with Crippen LogP contribution in [0.25, 0.3) is 10.9 Å². The molecule has 1 saturated carbocycles. The molecule has 4 nitrogen and oxygen atoms in total. The summed E-state index contributed by atoms with van der Waals surface area (Å²) < 4.78 is 21.3. The van der Waals surface area contributed by atoms with Crippen LogP contribution >= 0.6 is 0 Å². The molecule has 2 aromatic heterocycles. The number of fused-ring (bicyclic) bond motifs is 1. The lowest BCUT2D eigenvalue weighted by molar-refractivity contribution is 0.292. The van der Waals surface area contributed by atoms with Gasteiger partial charge < -0.3 is 9.30 Å². The van der Waals surface area contributed by atoms with Gasteiger partial charge >= 0.3 is 0 Å². The molecule has 1 aliphatic carbocycles. The molecule has 0 radical (unpaired) electrons. The van der Waals surface area contributed by atoms with Crippen LogP contribution in [0.15, 0.2) is 30.5 Å². The SMILES string of the molecule is Cc1c(C)n(CC2C[C@@H]2C)c2c(OCc3ccc(F)cc3)nncc12. The largest absolute Gasteiger partial charge is 0.470 e. The van der Waals surface area contributed by atoms with E-state index in [-0.39, 0.29) is 5.82 Å². The Morgan fingerprint density at radius 2 is 1.96 bits per heavy atom. The van der Waals surface area contributed by atoms with E-state index in [1.54, 1.807) is 12.1 Å². The minimum Gasteiger partial charge on any atom is -0.470 e. The summed E-state index contributed by atoms with van der Waals surface area (Å²) in [5, 5.41) is 9.44. The summed E-state index contributed by atoms with van der Waals surface area (Å²) in [6.45, 7) is 7.90. The summed E-state index contributed by atoms with van der Waals surface area (Å²) in [6, 6.07) is 6.33. The Kier molecular flexibility index (Phi) is 3.94. The van der Waals surface area contributed by atoms with E-state index in [0.29, 0.717) is 12.5 Å². The van der Waals surface area contributed by atoms with Crippen molar-refractivity contribution in [1.29, 1.82) is 0 Å². The number of halogens is 1. The molecule has 4 rings (SSSR count). The number of hydrogen-bond acceptors (Lipinski definition) is 3. The van der Waals surface area contributed by atoms with E-state index in [0.717, 1.165) is 34.8 Å². The van der Waals surface area contributed by atoms with Crippen LogP contribution in [0.5, 0.6) is 5.88 Å². The van der Waals surface area contributed by atoms with Crippen molar-refractivity contribution in [2.75, 3.05) is 0 Å². The van der Waals surface area contributed by atoms with Crippen LogP contribution in [-0.2, 0) is 13.2 Å². The van der Waals surface area contributed by atoms with E-state index in [2.05, 4.69) is 35.5 Å². The Morgan fingerprint density at radius 1 is 1.24 bits per heavy atom. The number of benzene rings is 1. The van der Waals surface area contributed by atoms with Crippen molar-refractivity contribution in [2.24, 2.45) is 11.8 Å². The molecular formula is C20H22FN3O. The molecule has 0 amide bonds. The summed E-state index contributed by atoms with van der Waals surface area (Å²) in [5.41, 5.74) is 4.40. The highest BCUT2D eigenvalue weighted by atomic mass is 19.1. The van der Waals surface area contributed by atoms with Crippen molar-refractivity contribution in [3.63, 3.8) is 0 Å². The molecular weight excluding hydrogens is 317 g/mol. The van der Waals surface area contributed by atoms with Gasteiger partial charge in [0.05, 0.1) is 6.20 Å². The Morgan fingerprint density at radius 3 is 2.64 bits per heavy atom. The highest BCUT2D eigenvalue weighted by Gasteiger charge is 2.34. The molecule has 0 N–H and O–H groups in total. The Bertz CT molecular complexity index is 917. The second-order valence-corrected chi connectivity index (χ2v) is 7.12. The van der Waals surface area contributed by atoms with Gasteiger partial charge in [-0.15, -0.1) is 5.10 Å². The normalized spacial score (nSPS) is 19.4. The molecule has 2 heterocycles. The van der Waals surface area contributed by atoms with Gasteiger partial charge in [0.25, 0.3) is 5.88 Å². The molecule has 1 fully saturated rings. The zero-order valence-electron chi connectivity index (χ0n) is 14.8. The maximum absolute atomic E-state index is 13.1. The second-order valence-electron chi connectivity index (χ2n) is 7.12. The van der Waals surface area contributed by atoms with Crippen LogP contribution in [-0.4, -0.2) is 14.8 Å². The van der Waals surface area contributed by atoms with Gasteiger partial charge in [-0.2, -0.15) is 5.10 Å². The number of rotatable bonds is 5. The molecule has 5 heteroatoms. The Balaban J connectivity index is 1.68. The lowest BCUT2D eigenvalue weighted by atomic mass is 10.2. The minimum atomic E-state index is -0.246. The lowest BCUT2D eigenvalue weighted by Gasteiger charge is -2.11. The highest BCUT2D eigenvalue weighted by Crippen LogP contribution is 2.41. The van der Waals surface area contributed by atoms with E-state index in [9.17, 15) is 4.39 Å². The van der Waals surface area contributed by atoms with Crippen molar-refractivity contribution in [1.82, 2.24) is 14.8 Å². The van der Waals surface area contributed by atoms with Crippen LogP contribution in [0.2, 0.25) is 0 Å². The molecule has 1 aliphatic rings. The molecule has 0 bridgehead atoms. The standard InChI is InChI=1S/C20H22FN3O/c1-12-8-16(12)10-24-14(3)13(2)18-9-22-23-20(19(18)24)25-11-15-4-6-17(21)7-5-15/h4-7,9,12,16H,8,10-11H2,1-3H3/t12-,16?/m0/s1. The van der Waals surface area contributed by atoms with Crippen LogP contribution in [0.3, 0.4) is 0 Å². The fourth-order valence-corrected chi connectivity index (χ4v) is 3.41. The third-order valence-electron chi connectivity index (χ3n) is 5.40. The molecule has 3 aromatic rings. The zero-order valence-corrected chi connectivity index (χ0v) is 14.8. The quantitative estimate of drug-likeness (QED) is 0.691. The molecule has 0 aliphatic heterocycles. The monoisotopic (exact) mass is 339 g/mol. The first-order valence-corrected chi connectivity index (χ1v) is 8.73. The van der Waals surface area contributed by atoms with Gasteiger partial charge in [-0.05, 0) is 55.4 Å². The van der Waals surface area contributed by atoms with Crippen LogP contribution in [0.4, 0.5) is 4.39 Å². The van der Waals surface area contributed by atoms with Crippen LogP contribution in [0.1, 0.15) is 30.2 Å². The maximum atomic E-state index is 13.1. The summed E-state index contributed by atoms with van der Waals surface area (Å²) in [6.07, 6.45) is 3.09. The van der Waals surface area contributed by atoms with Crippen molar-refractivity contribution >= 4 is 10.9 Å². The van der Waals surface area contributed by atoms with Gasteiger partial charge in [-0.1, -0.05) is 19.1 Å². The van der Waals surface area contributed by atoms with E-state index in [1.165, 1.54) is 29.8 Å². The number of aromatic nitrogens is 3. The predicted octanol–water partition coefficient (Wildman–Crippen LogP) is 4.42. The lowest BCUT2D eigenvalue weighted by Crippen LogP contribution is -2.06. The average molecular weight is 339 g/mol. The highest BCUT2D eigenvalue weighted by molar-refractivity contribution is 5.88. The molecule has 1 unspecified atom stereocenters. The van der Waals surface area contributed by atoms with Crippen LogP contribution in [0, 0.1) is 31.5 Å². The third kappa shape index (κ3) is 2.99. The van der Waals surface area contributed by atoms with Crippen molar-refractivity contribution in [3.8, 4) is 5.88 Å². The molecule has 1 aromatic carbocycles. The van der Waals surface area contributed by atoms with Gasteiger partial charge in [0.15, 0.2) is 0 Å². The molecule has 25 heavy (non-hydrogen) atoms. The van der Waals surface area contributed by atoms with Crippen molar-refractivity contribution in [3.05, 3.63) is 53.1 Å². The van der Waals surface area contributed by atoms with Gasteiger partial charge in [0.2, 0.25) is 0 Å². The Labute approximate surface area is 146 Å². The van der Waals surface area contributed by atoms with E-state index in [4.69, 9.17) is 4.74 Å². The van der Waals surface area contributed by atoms with Crippen molar-refractivity contribution in [2.45, 2.75) is 40.3 Å². The first-order valence-electron chi connectivity index (χ1n) is 8.73. The van der Waals surface area contributed by atoms with Crippen LogP contribution < -0.4 is 4.74 Å². The average Bonchev–Trinajstić information content (AvgIpc) is 3.26. The first kappa shape index (κ1) is 16.1. The topological polar surface area (TPSA) is 39.9 Å². The summed E-state index contributed by atoms with van der Waals surface area (Å²) in [4.78, 5) is 0. The van der Waals surface area contributed by atoms with E-state index in [1.807, 2.05) is 6.20 Å². The van der Waals surface area contributed by atoms with Gasteiger partial charge in [0.1, 0.15) is 17.9 Å². The van der Waals surface area contributed by atoms with Gasteiger partial charge in [-0.25, -0.2) is 4.39 Å². The first-order chi connectivity index (χ1) is 12.0. The number of ether oxygens (including phenoxy) is 1. The van der Waals surface area contributed by atoms with E-state index >= 15 is 0 Å². The van der Waals surface area contributed by atoms with Crippen molar-refractivity contribution < 1.29 is 9.13 Å². The molecule has 0 spiro atoms.